The highest BCUT2D eigenvalue weighted by Gasteiger charge is 2.24. The second kappa shape index (κ2) is 37.8. The second-order valence-corrected chi connectivity index (χ2v) is 19.4. The van der Waals surface area contributed by atoms with Gasteiger partial charge in [0.05, 0.1) is 21.7 Å². The molecule has 0 spiro atoms. The fourth-order valence-electron chi connectivity index (χ4n) is 8.00. The van der Waals surface area contributed by atoms with Crippen LogP contribution in [0.4, 0.5) is 0 Å². The van der Waals surface area contributed by atoms with Crippen LogP contribution in [0.3, 0.4) is 0 Å². The number of carbonyl (C=O) groups excluding carboxylic acids is 2. The minimum atomic E-state index is -4.33. The molecule has 0 N–H and O–H groups in total. The molecule has 4 aromatic rings. The first-order valence-corrected chi connectivity index (χ1v) is 26.9. The van der Waals surface area contributed by atoms with Gasteiger partial charge in [-0.25, -0.2) is 17.6 Å². The first-order valence-electron chi connectivity index (χ1n) is 25.5. The number of aromatic carboxylic acids is 2. The molecule has 9 heteroatoms. The summed E-state index contributed by atoms with van der Waals surface area (Å²) in [6.07, 6.45) is 48.8. The summed E-state index contributed by atoms with van der Waals surface area (Å²) in [5, 5.41) is 22.0. The van der Waals surface area contributed by atoms with Gasteiger partial charge in [0, 0.05) is 48.2 Å². The van der Waals surface area contributed by atoms with Gasteiger partial charge in [-0.2, -0.15) is 0 Å². The predicted octanol–water partition coefficient (Wildman–Crippen LogP) is 12.2. The van der Waals surface area contributed by atoms with Gasteiger partial charge < -0.3 is 19.8 Å². The van der Waals surface area contributed by atoms with E-state index in [1.807, 2.05) is 0 Å². The van der Waals surface area contributed by atoms with Crippen molar-refractivity contribution in [1.82, 2.24) is 0 Å². The number of pyridine rings is 2. The van der Waals surface area contributed by atoms with E-state index in [-0.39, 0.29) is 0 Å². The highest BCUT2D eigenvalue weighted by Crippen LogP contribution is 2.26. The van der Waals surface area contributed by atoms with Gasteiger partial charge in [0.15, 0.2) is 24.8 Å². The molecule has 2 aromatic heterocycles. The van der Waals surface area contributed by atoms with E-state index < -0.39 is 42.7 Å². The standard InChI is InChI=1S/2C21H38N.C14H10O6S/c2*1-2-3-4-5-6-7-8-9-10-11-12-13-14-16-19-22-20-17-15-18-21-22;15-13(16)9-5-1-3-7-11(9)21(19,20)12-8-4-2-6-10(12)14(17)18/h2*15,17-18,20-21H,2-14,16,19H2,1H3;1-8H,(H,15,16)(H,17,18)/q2*+1;/p-2. The maximum atomic E-state index is 12.5. The fraction of sp³-hybridized carbons (Fsp3) is 0.571. The molecule has 0 unspecified atom stereocenters. The van der Waals surface area contributed by atoms with Gasteiger partial charge in [-0.1, -0.05) is 216 Å². The lowest BCUT2D eigenvalue weighted by Crippen LogP contribution is -2.32. The van der Waals surface area contributed by atoms with Crippen molar-refractivity contribution in [3.05, 3.63) is 121 Å². The molecule has 8 nitrogen and oxygen atoms in total. The second-order valence-electron chi connectivity index (χ2n) is 17.5. The summed E-state index contributed by atoms with van der Waals surface area (Å²) in [5.41, 5.74) is -1.07. The highest BCUT2D eigenvalue weighted by molar-refractivity contribution is 7.91. The molecule has 0 aliphatic rings. The van der Waals surface area contributed by atoms with Gasteiger partial charge in [-0.15, -0.1) is 0 Å². The van der Waals surface area contributed by atoms with Crippen LogP contribution in [0.2, 0.25) is 0 Å². The number of carbonyl (C=O) groups is 2. The molecule has 4 rings (SSSR count). The molecule has 360 valence electrons. The van der Waals surface area contributed by atoms with Crippen molar-refractivity contribution in [3.8, 4) is 0 Å². The van der Waals surface area contributed by atoms with Crippen molar-refractivity contribution in [2.75, 3.05) is 0 Å². The molecule has 0 saturated heterocycles. The van der Waals surface area contributed by atoms with E-state index in [0.717, 1.165) is 24.3 Å². The van der Waals surface area contributed by atoms with Crippen molar-refractivity contribution in [2.24, 2.45) is 0 Å². The average Bonchev–Trinajstić information content (AvgIpc) is 3.33. The summed E-state index contributed by atoms with van der Waals surface area (Å²) < 4.78 is 29.6. The van der Waals surface area contributed by atoms with Gasteiger partial charge in [0.25, 0.3) is 0 Å². The Hall–Kier alpha value is -4.37. The summed E-state index contributed by atoms with van der Waals surface area (Å²) >= 11 is 0. The number of carboxylic acids is 2. The number of hydrogen-bond donors (Lipinski definition) is 0. The zero-order valence-electron chi connectivity index (χ0n) is 40.4. The van der Waals surface area contributed by atoms with Crippen molar-refractivity contribution in [3.63, 3.8) is 0 Å². The minimum Gasteiger partial charge on any atom is -0.545 e. The highest BCUT2D eigenvalue weighted by atomic mass is 32.2. The van der Waals surface area contributed by atoms with Crippen LogP contribution in [0.5, 0.6) is 0 Å². The zero-order chi connectivity index (χ0) is 47.1. The molecule has 65 heavy (non-hydrogen) atoms. The number of aryl methyl sites for hydroxylation is 2. The Morgan fingerprint density at radius 2 is 0.615 bits per heavy atom. The molecular formula is C56H84N2O6S. The monoisotopic (exact) mass is 913 g/mol. The third-order valence-electron chi connectivity index (χ3n) is 11.9. The van der Waals surface area contributed by atoms with Gasteiger partial charge in [0.1, 0.15) is 13.1 Å². The van der Waals surface area contributed by atoms with E-state index in [9.17, 15) is 28.2 Å². The molecule has 0 saturated carbocycles. The van der Waals surface area contributed by atoms with Crippen LogP contribution >= 0.6 is 0 Å². The summed E-state index contributed by atoms with van der Waals surface area (Å²) in [7, 11) is -4.33. The van der Waals surface area contributed by atoms with E-state index in [1.54, 1.807) is 0 Å². The Kier molecular flexibility index (Phi) is 33.0. The van der Waals surface area contributed by atoms with Gasteiger partial charge >= 0.3 is 0 Å². The Bertz CT molecular complexity index is 1760. The molecule has 2 heterocycles. The maximum absolute atomic E-state index is 12.5. The van der Waals surface area contributed by atoms with Crippen LogP contribution in [0.25, 0.3) is 0 Å². The van der Waals surface area contributed by atoms with Crippen molar-refractivity contribution in [2.45, 2.75) is 217 Å². The molecule has 0 radical (unpaired) electrons. The molecular weight excluding hydrogens is 829 g/mol. The normalized spacial score (nSPS) is 11.0. The number of sulfone groups is 1. The van der Waals surface area contributed by atoms with Gasteiger partial charge in [-0.05, 0) is 25.0 Å². The van der Waals surface area contributed by atoms with Crippen LogP contribution in [-0.2, 0) is 22.9 Å². The Labute approximate surface area is 394 Å². The quantitative estimate of drug-likeness (QED) is 0.0340. The molecule has 0 fully saturated rings. The van der Waals surface area contributed by atoms with Crippen molar-refractivity contribution in [1.29, 1.82) is 0 Å². The number of aromatic nitrogens is 2. The topological polar surface area (TPSA) is 122 Å². The third kappa shape index (κ3) is 27.0. The molecule has 0 atom stereocenters. The van der Waals surface area contributed by atoms with Crippen molar-refractivity contribution < 1.29 is 37.4 Å². The van der Waals surface area contributed by atoms with Gasteiger partial charge in [0.2, 0.25) is 9.84 Å². The number of carboxylic acid groups (broad SMARTS) is 2. The fourth-order valence-corrected chi connectivity index (χ4v) is 9.64. The first kappa shape index (κ1) is 56.8. The SMILES string of the molecule is CCCCCCCCCCCCCCCC[n+]1ccccc1.CCCCCCCCCCCCCCCC[n+]1ccccc1.O=C([O-])c1ccccc1S(=O)(=O)c1ccccc1C(=O)[O-]. The Morgan fingerprint density at radius 1 is 0.369 bits per heavy atom. The van der Waals surface area contributed by atoms with Crippen LogP contribution < -0.4 is 19.3 Å². The molecule has 0 aliphatic carbocycles. The van der Waals surface area contributed by atoms with Crippen LogP contribution in [0.1, 0.15) is 214 Å². The third-order valence-corrected chi connectivity index (χ3v) is 13.8. The molecule has 2 aromatic carbocycles. The number of nitrogens with zero attached hydrogens (tertiary/aromatic N) is 2. The zero-order valence-corrected chi connectivity index (χ0v) is 41.2. The largest absolute Gasteiger partial charge is 0.545 e. The first-order chi connectivity index (χ1) is 31.7. The Morgan fingerprint density at radius 3 is 0.877 bits per heavy atom. The summed E-state index contributed by atoms with van der Waals surface area (Å²) in [6.45, 7) is 6.94. The maximum Gasteiger partial charge on any atom is 0.207 e. The predicted molar refractivity (Wildman–Crippen MR) is 261 cm³/mol. The number of benzene rings is 2. The van der Waals surface area contributed by atoms with Gasteiger partial charge in [-0.3, -0.25) is 0 Å². The Balaban J connectivity index is 0.000000335. The van der Waals surface area contributed by atoms with Crippen molar-refractivity contribution >= 4 is 21.8 Å². The molecule has 0 aliphatic heterocycles. The van der Waals surface area contributed by atoms with E-state index in [2.05, 4.69) is 84.2 Å². The van der Waals surface area contributed by atoms with Crippen LogP contribution in [0, 0.1) is 0 Å². The minimum absolute atomic E-state index is 0.529. The van der Waals surface area contributed by atoms with E-state index in [0.29, 0.717) is 0 Å². The lowest BCUT2D eigenvalue weighted by atomic mass is 10.0. The smallest absolute Gasteiger partial charge is 0.207 e. The summed E-state index contributed by atoms with van der Waals surface area (Å²) in [6, 6.07) is 22.3. The summed E-state index contributed by atoms with van der Waals surface area (Å²) in [5.74, 6) is -3.33. The average molecular weight is 913 g/mol. The summed E-state index contributed by atoms with van der Waals surface area (Å²) in [4.78, 5) is 21.0. The van der Waals surface area contributed by atoms with Crippen LogP contribution in [0.15, 0.2) is 120 Å². The number of rotatable bonds is 34. The lowest BCUT2D eigenvalue weighted by molar-refractivity contribution is -0.697. The van der Waals surface area contributed by atoms with Crippen LogP contribution in [-0.4, -0.2) is 20.4 Å². The molecule has 0 bridgehead atoms. The number of unbranched alkanes of at least 4 members (excludes halogenated alkanes) is 26. The van der Waals surface area contributed by atoms with E-state index in [1.165, 1.54) is 217 Å². The number of hydrogen-bond acceptors (Lipinski definition) is 6. The molecule has 0 amide bonds. The lowest BCUT2D eigenvalue weighted by Gasteiger charge is -2.14. The van der Waals surface area contributed by atoms with E-state index >= 15 is 0 Å². The van der Waals surface area contributed by atoms with E-state index in [4.69, 9.17) is 0 Å².